The number of aromatic nitrogens is 1. The molecule has 2 N–H and O–H groups in total. The highest BCUT2D eigenvalue weighted by Crippen LogP contribution is 2.13. The van der Waals surface area contributed by atoms with Crippen LogP contribution in [0.3, 0.4) is 0 Å². The Morgan fingerprint density at radius 3 is 2.48 bits per heavy atom. The summed E-state index contributed by atoms with van der Waals surface area (Å²) in [4.78, 5) is 33.7. The van der Waals surface area contributed by atoms with Gasteiger partial charge < -0.3 is 20.1 Å². The number of hydrogen-bond acceptors (Lipinski definition) is 5. The molecule has 156 valence electrons. The minimum atomic E-state index is -0.415. The van der Waals surface area contributed by atoms with E-state index in [-0.39, 0.29) is 12.5 Å². The van der Waals surface area contributed by atoms with Crippen molar-refractivity contribution in [1.29, 1.82) is 0 Å². The first-order valence-electron chi connectivity index (χ1n) is 9.33. The first-order chi connectivity index (χ1) is 14.0. The van der Waals surface area contributed by atoms with Gasteiger partial charge in [-0.05, 0) is 24.3 Å². The molecule has 0 spiro atoms. The summed E-state index contributed by atoms with van der Waals surface area (Å²) >= 11 is 7.45. The van der Waals surface area contributed by atoms with Crippen LogP contribution in [-0.2, 0) is 18.4 Å². The molecule has 0 unspecified atom stereocenters. The van der Waals surface area contributed by atoms with Crippen molar-refractivity contribution in [3.63, 3.8) is 0 Å². The normalized spacial score (nSPS) is 15.4. The molecule has 3 rings (SSSR count). The van der Waals surface area contributed by atoms with E-state index in [9.17, 15) is 9.59 Å². The second-order valence-corrected chi connectivity index (χ2v) is 8.04. The predicted octanol–water partition coefficient (Wildman–Crippen LogP) is 1.74. The Balaban J connectivity index is 1.40. The number of nitrogens with zero attached hydrogens (tertiary/aromatic N) is 4. The van der Waals surface area contributed by atoms with Gasteiger partial charge in [0.2, 0.25) is 5.91 Å². The monoisotopic (exact) mass is 436 g/mol. The van der Waals surface area contributed by atoms with Gasteiger partial charge in [0, 0.05) is 68.6 Å². The average Bonchev–Trinajstić information content (AvgIpc) is 3.08. The number of nitrogens with one attached hydrogen (secondary N) is 2. The third-order valence-electron chi connectivity index (χ3n) is 4.82. The molecule has 0 atom stereocenters. The number of carbonyl (C=O) groups is 2. The lowest BCUT2D eigenvalue weighted by atomic mass is 10.3. The number of urea groups is 1. The zero-order chi connectivity index (χ0) is 20.8. The smallest absolute Gasteiger partial charge is 0.319 e. The maximum Gasteiger partial charge on any atom is 0.319 e. The maximum atomic E-state index is 12.4. The summed E-state index contributed by atoms with van der Waals surface area (Å²) in [6.45, 7) is 3.72. The molecular weight excluding hydrogens is 412 g/mol. The maximum absolute atomic E-state index is 12.4. The van der Waals surface area contributed by atoms with Crippen molar-refractivity contribution in [3.8, 4) is 0 Å². The molecule has 1 aliphatic rings. The molecule has 29 heavy (non-hydrogen) atoms. The van der Waals surface area contributed by atoms with Crippen molar-refractivity contribution in [1.82, 2.24) is 19.7 Å². The molecule has 0 aliphatic carbocycles. The molecule has 1 saturated heterocycles. The largest absolute Gasteiger partial charge is 0.339 e. The zero-order valence-electron chi connectivity index (χ0n) is 16.5. The third-order valence-corrected chi connectivity index (χ3v) is 6.13. The second-order valence-electron chi connectivity index (χ2n) is 6.76. The molecule has 2 aromatic rings. The average molecular weight is 437 g/mol. The van der Waals surface area contributed by atoms with Crippen LogP contribution in [0.15, 0.2) is 34.6 Å². The summed E-state index contributed by atoms with van der Waals surface area (Å²) in [7, 11) is 3.82. The van der Waals surface area contributed by atoms with E-state index in [0.29, 0.717) is 23.8 Å². The minimum Gasteiger partial charge on any atom is -0.339 e. The molecule has 2 heterocycles. The molecular formula is C19H25ClN6O2S. The van der Waals surface area contributed by atoms with Crippen molar-refractivity contribution >= 4 is 40.6 Å². The summed E-state index contributed by atoms with van der Waals surface area (Å²) < 4.78 is 2.10. The molecule has 1 aliphatic heterocycles. The van der Waals surface area contributed by atoms with Gasteiger partial charge in [-0.15, -0.1) is 11.3 Å². The Hall–Kier alpha value is -2.36. The van der Waals surface area contributed by atoms with Gasteiger partial charge in [0.05, 0.1) is 6.54 Å². The fraction of sp³-hybridized carbons (Fsp3) is 0.421. The van der Waals surface area contributed by atoms with Crippen molar-refractivity contribution in [2.75, 3.05) is 45.1 Å². The Morgan fingerprint density at radius 1 is 1.17 bits per heavy atom. The van der Waals surface area contributed by atoms with Crippen molar-refractivity contribution < 1.29 is 9.59 Å². The number of rotatable bonds is 5. The Kier molecular flexibility index (Phi) is 7.29. The lowest BCUT2D eigenvalue weighted by Gasteiger charge is -2.34. The molecule has 3 amide bonds. The lowest BCUT2D eigenvalue weighted by Crippen LogP contribution is -2.51. The van der Waals surface area contributed by atoms with Gasteiger partial charge in [0.25, 0.3) is 0 Å². The first-order valence-corrected chi connectivity index (χ1v) is 10.6. The van der Waals surface area contributed by atoms with Crippen LogP contribution in [0.4, 0.5) is 10.5 Å². The van der Waals surface area contributed by atoms with Crippen LogP contribution in [0.1, 0.15) is 5.69 Å². The standard InChI is InChI=1S/C19H25ClN6O2S/c1-21-19-24(2)16(13-29-19)12-25-7-9-26(10-8-25)17(27)11-22-18(28)23-15-5-3-14(20)4-6-15/h3-6,13H,7-12H2,1-2H3,(H2,22,23,28). The quantitative estimate of drug-likeness (QED) is 0.749. The van der Waals surface area contributed by atoms with Gasteiger partial charge in [-0.2, -0.15) is 0 Å². The second kappa shape index (κ2) is 9.91. The van der Waals surface area contributed by atoms with Crippen LogP contribution in [-0.4, -0.2) is 66.1 Å². The first kappa shape index (κ1) is 21.4. The summed E-state index contributed by atoms with van der Waals surface area (Å²) in [6.07, 6.45) is 0. The highest BCUT2D eigenvalue weighted by molar-refractivity contribution is 7.07. The van der Waals surface area contributed by atoms with Crippen molar-refractivity contribution in [2.24, 2.45) is 12.0 Å². The van der Waals surface area contributed by atoms with E-state index in [1.807, 2.05) is 7.05 Å². The van der Waals surface area contributed by atoms with Crippen LogP contribution < -0.4 is 15.4 Å². The van der Waals surface area contributed by atoms with E-state index in [2.05, 4.69) is 30.5 Å². The van der Waals surface area contributed by atoms with Gasteiger partial charge in [-0.25, -0.2) is 4.79 Å². The van der Waals surface area contributed by atoms with Gasteiger partial charge >= 0.3 is 6.03 Å². The lowest BCUT2D eigenvalue weighted by molar-refractivity contribution is -0.131. The van der Waals surface area contributed by atoms with Crippen LogP contribution in [0.5, 0.6) is 0 Å². The van der Waals surface area contributed by atoms with Crippen molar-refractivity contribution in [2.45, 2.75) is 6.54 Å². The number of thiazole rings is 1. The van der Waals surface area contributed by atoms with Crippen LogP contribution in [0.25, 0.3) is 0 Å². The predicted molar refractivity (Wildman–Crippen MR) is 115 cm³/mol. The van der Waals surface area contributed by atoms with E-state index >= 15 is 0 Å². The fourth-order valence-corrected chi connectivity index (χ4v) is 4.09. The van der Waals surface area contributed by atoms with Crippen LogP contribution in [0.2, 0.25) is 5.02 Å². The summed E-state index contributed by atoms with van der Waals surface area (Å²) in [5, 5.41) is 8.01. The van der Waals surface area contributed by atoms with E-state index in [1.165, 1.54) is 5.69 Å². The number of carbonyl (C=O) groups excluding carboxylic acids is 2. The van der Waals surface area contributed by atoms with E-state index in [0.717, 1.165) is 24.4 Å². The van der Waals surface area contributed by atoms with Gasteiger partial charge in [-0.3, -0.25) is 14.7 Å². The SMILES string of the molecule is CN=c1scc(CN2CCN(C(=O)CNC(=O)Nc3ccc(Cl)cc3)CC2)n1C. The number of piperazine rings is 1. The summed E-state index contributed by atoms with van der Waals surface area (Å²) in [5.74, 6) is -0.0796. The molecule has 10 heteroatoms. The summed E-state index contributed by atoms with van der Waals surface area (Å²) in [6, 6.07) is 6.37. The fourth-order valence-electron chi connectivity index (χ4n) is 3.11. The minimum absolute atomic E-state index is 0.0275. The molecule has 0 radical (unpaired) electrons. The molecule has 1 aromatic carbocycles. The highest BCUT2D eigenvalue weighted by atomic mass is 35.5. The summed E-state index contributed by atoms with van der Waals surface area (Å²) in [5.41, 5.74) is 1.84. The zero-order valence-corrected chi connectivity index (χ0v) is 18.1. The van der Waals surface area contributed by atoms with Gasteiger partial charge in [0.1, 0.15) is 0 Å². The van der Waals surface area contributed by atoms with E-state index < -0.39 is 6.03 Å². The molecule has 0 bridgehead atoms. The highest BCUT2D eigenvalue weighted by Gasteiger charge is 2.22. The number of benzene rings is 1. The topological polar surface area (TPSA) is 82.0 Å². The Labute approximate surface area is 178 Å². The van der Waals surface area contributed by atoms with E-state index in [4.69, 9.17) is 11.6 Å². The number of amides is 3. The third kappa shape index (κ3) is 5.81. The number of anilines is 1. The van der Waals surface area contributed by atoms with Gasteiger partial charge in [-0.1, -0.05) is 11.6 Å². The Morgan fingerprint density at radius 2 is 1.86 bits per heavy atom. The molecule has 8 nitrogen and oxygen atoms in total. The number of halogens is 1. The van der Waals surface area contributed by atoms with Crippen LogP contribution in [0, 0.1) is 0 Å². The van der Waals surface area contributed by atoms with E-state index in [1.54, 1.807) is 47.5 Å². The van der Waals surface area contributed by atoms with Crippen LogP contribution >= 0.6 is 22.9 Å². The molecule has 1 aromatic heterocycles. The Bertz CT molecular complexity index is 916. The van der Waals surface area contributed by atoms with Crippen molar-refractivity contribution in [3.05, 3.63) is 45.2 Å². The number of hydrogen-bond donors (Lipinski definition) is 2. The molecule has 0 saturated carbocycles. The molecule has 1 fully saturated rings. The van der Waals surface area contributed by atoms with Gasteiger partial charge in [0.15, 0.2) is 4.80 Å².